The van der Waals surface area contributed by atoms with Crippen molar-refractivity contribution in [3.63, 3.8) is 0 Å². The predicted octanol–water partition coefficient (Wildman–Crippen LogP) is 3.53. The van der Waals surface area contributed by atoms with Gasteiger partial charge in [-0.2, -0.15) is 5.10 Å². The molecule has 2 aromatic rings. The first kappa shape index (κ1) is 12.3. The third-order valence-corrected chi connectivity index (χ3v) is 3.98. The Morgan fingerprint density at radius 3 is 2.74 bits per heavy atom. The molecule has 0 amide bonds. The summed E-state index contributed by atoms with van der Waals surface area (Å²) < 4.78 is 1.93. The lowest BCUT2D eigenvalue weighted by atomic mass is 10.1. The molecule has 1 N–H and O–H groups in total. The number of hydrogen-bond donors (Lipinski definition) is 1. The Bertz CT molecular complexity index is 594. The van der Waals surface area contributed by atoms with Gasteiger partial charge in [-0.25, -0.2) is 0 Å². The maximum Gasteiger partial charge on any atom is 0.0827 e. The van der Waals surface area contributed by atoms with Gasteiger partial charge in [0, 0.05) is 13.6 Å². The number of anilines is 1. The molecule has 1 fully saturated rings. The maximum atomic E-state index is 4.43. The van der Waals surface area contributed by atoms with Crippen molar-refractivity contribution in [2.75, 3.05) is 5.32 Å². The Hall–Kier alpha value is -1.77. The summed E-state index contributed by atoms with van der Waals surface area (Å²) in [5, 5.41) is 7.95. The van der Waals surface area contributed by atoms with Crippen molar-refractivity contribution in [2.24, 2.45) is 7.05 Å². The molecule has 3 rings (SSSR count). The summed E-state index contributed by atoms with van der Waals surface area (Å²) in [6, 6.07) is 8.96. The lowest BCUT2D eigenvalue weighted by molar-refractivity contribution is 0.731. The molecule has 1 aromatic carbocycles. The average molecular weight is 255 g/mol. The third-order valence-electron chi connectivity index (χ3n) is 3.98. The summed E-state index contributed by atoms with van der Waals surface area (Å²) in [5.74, 6) is 0.821. The van der Waals surface area contributed by atoms with Crippen LogP contribution in [0, 0.1) is 13.8 Å². The average Bonchev–Trinajstić information content (AvgIpc) is 3.19. The number of nitrogens with one attached hydrogen (secondary N) is 1. The molecule has 0 atom stereocenters. The maximum absolute atomic E-state index is 4.43. The first-order valence-electron chi connectivity index (χ1n) is 6.98. The van der Waals surface area contributed by atoms with Crippen molar-refractivity contribution in [3.05, 3.63) is 46.8 Å². The fraction of sp³-hybridized carbons (Fsp3) is 0.438. The highest BCUT2D eigenvalue weighted by molar-refractivity contribution is 5.52. The monoisotopic (exact) mass is 255 g/mol. The minimum absolute atomic E-state index is 0.821. The highest BCUT2D eigenvalue weighted by Crippen LogP contribution is 2.40. The summed E-state index contributed by atoms with van der Waals surface area (Å²) in [6.07, 6.45) is 2.72. The minimum Gasteiger partial charge on any atom is -0.378 e. The Labute approximate surface area is 114 Å². The van der Waals surface area contributed by atoms with Crippen LogP contribution in [0.1, 0.15) is 41.3 Å². The lowest BCUT2D eigenvalue weighted by Gasteiger charge is -2.08. The molecule has 3 nitrogen and oxygen atoms in total. The van der Waals surface area contributed by atoms with Crippen molar-refractivity contribution in [2.45, 2.75) is 39.2 Å². The second-order valence-electron chi connectivity index (χ2n) is 5.54. The van der Waals surface area contributed by atoms with Crippen LogP contribution in [0.15, 0.2) is 24.3 Å². The van der Waals surface area contributed by atoms with E-state index in [-0.39, 0.29) is 0 Å². The molecule has 1 aliphatic rings. The second kappa shape index (κ2) is 4.72. The molecule has 1 aromatic heterocycles. The van der Waals surface area contributed by atoms with Crippen LogP contribution >= 0.6 is 0 Å². The molecule has 0 spiro atoms. The number of benzene rings is 1. The van der Waals surface area contributed by atoms with Crippen molar-refractivity contribution in [1.82, 2.24) is 9.78 Å². The third kappa shape index (κ3) is 2.50. The van der Waals surface area contributed by atoms with Crippen molar-refractivity contribution in [1.29, 1.82) is 0 Å². The molecule has 19 heavy (non-hydrogen) atoms. The first-order chi connectivity index (χ1) is 9.15. The SMILES string of the molecule is Cc1nn(C)c(C)c1NCc1cccc(C2CC2)c1. The standard InChI is InChI=1S/C16H21N3/c1-11-16(12(2)19(3)18-11)17-10-13-5-4-6-15(9-13)14-7-8-14/h4-6,9,14,17H,7-8,10H2,1-3H3. The number of nitrogens with zero attached hydrogens (tertiary/aromatic N) is 2. The van der Waals surface area contributed by atoms with E-state index in [4.69, 9.17) is 0 Å². The first-order valence-corrected chi connectivity index (χ1v) is 6.98. The van der Waals surface area contributed by atoms with Crippen LogP contribution in [0.25, 0.3) is 0 Å². The minimum atomic E-state index is 0.821. The van der Waals surface area contributed by atoms with E-state index in [0.717, 1.165) is 18.2 Å². The van der Waals surface area contributed by atoms with Gasteiger partial charge >= 0.3 is 0 Å². The summed E-state index contributed by atoms with van der Waals surface area (Å²) in [6.45, 7) is 5.02. The van der Waals surface area contributed by atoms with Gasteiger partial charge in [-0.05, 0) is 43.7 Å². The van der Waals surface area contributed by atoms with Crippen LogP contribution < -0.4 is 5.32 Å². The highest BCUT2D eigenvalue weighted by atomic mass is 15.3. The number of rotatable bonds is 4. The zero-order chi connectivity index (χ0) is 13.4. The molecule has 0 aliphatic heterocycles. The molecule has 1 saturated carbocycles. The smallest absolute Gasteiger partial charge is 0.0827 e. The van der Waals surface area contributed by atoms with E-state index in [1.165, 1.54) is 35.3 Å². The van der Waals surface area contributed by atoms with Gasteiger partial charge in [0.05, 0.1) is 17.1 Å². The zero-order valence-electron chi connectivity index (χ0n) is 11.9. The van der Waals surface area contributed by atoms with E-state index in [9.17, 15) is 0 Å². The summed E-state index contributed by atoms with van der Waals surface area (Å²) in [4.78, 5) is 0. The predicted molar refractivity (Wildman–Crippen MR) is 78.4 cm³/mol. The van der Waals surface area contributed by atoms with Crippen LogP contribution in [0.2, 0.25) is 0 Å². The van der Waals surface area contributed by atoms with Gasteiger partial charge in [0.25, 0.3) is 0 Å². The molecule has 0 bridgehead atoms. The van der Waals surface area contributed by atoms with Gasteiger partial charge in [0.1, 0.15) is 0 Å². The van der Waals surface area contributed by atoms with Crippen LogP contribution in [-0.2, 0) is 13.6 Å². The molecule has 0 saturated heterocycles. The normalized spacial score (nSPS) is 14.7. The van der Waals surface area contributed by atoms with E-state index in [0.29, 0.717) is 0 Å². The Morgan fingerprint density at radius 1 is 1.32 bits per heavy atom. The summed E-state index contributed by atoms with van der Waals surface area (Å²) in [5.41, 5.74) is 6.28. The van der Waals surface area contributed by atoms with E-state index in [2.05, 4.69) is 48.5 Å². The Balaban J connectivity index is 1.73. The van der Waals surface area contributed by atoms with Gasteiger partial charge in [0.2, 0.25) is 0 Å². The largest absolute Gasteiger partial charge is 0.378 e. The molecule has 0 radical (unpaired) electrons. The molecule has 3 heteroatoms. The lowest BCUT2D eigenvalue weighted by Crippen LogP contribution is -2.02. The van der Waals surface area contributed by atoms with E-state index < -0.39 is 0 Å². The Morgan fingerprint density at radius 2 is 2.11 bits per heavy atom. The number of aromatic nitrogens is 2. The molecule has 1 aliphatic carbocycles. The fourth-order valence-corrected chi connectivity index (χ4v) is 2.59. The van der Waals surface area contributed by atoms with Gasteiger partial charge in [-0.3, -0.25) is 4.68 Å². The molecule has 100 valence electrons. The van der Waals surface area contributed by atoms with E-state index in [1.54, 1.807) is 0 Å². The van der Waals surface area contributed by atoms with Crippen molar-refractivity contribution < 1.29 is 0 Å². The van der Waals surface area contributed by atoms with Crippen molar-refractivity contribution >= 4 is 5.69 Å². The number of hydrogen-bond acceptors (Lipinski definition) is 2. The van der Waals surface area contributed by atoms with Crippen LogP contribution in [0.4, 0.5) is 5.69 Å². The summed E-state index contributed by atoms with van der Waals surface area (Å²) >= 11 is 0. The van der Waals surface area contributed by atoms with Gasteiger partial charge in [-0.15, -0.1) is 0 Å². The van der Waals surface area contributed by atoms with E-state index >= 15 is 0 Å². The topological polar surface area (TPSA) is 29.9 Å². The van der Waals surface area contributed by atoms with Crippen molar-refractivity contribution in [3.8, 4) is 0 Å². The highest BCUT2D eigenvalue weighted by Gasteiger charge is 2.23. The zero-order valence-corrected chi connectivity index (χ0v) is 11.9. The van der Waals surface area contributed by atoms with Gasteiger partial charge in [-0.1, -0.05) is 24.3 Å². The second-order valence-corrected chi connectivity index (χ2v) is 5.54. The van der Waals surface area contributed by atoms with Crippen LogP contribution in [-0.4, -0.2) is 9.78 Å². The summed E-state index contributed by atoms with van der Waals surface area (Å²) in [7, 11) is 1.99. The van der Waals surface area contributed by atoms with Crippen LogP contribution in [0.3, 0.4) is 0 Å². The van der Waals surface area contributed by atoms with E-state index in [1.807, 2.05) is 11.7 Å². The molecular weight excluding hydrogens is 234 g/mol. The molecule has 1 heterocycles. The van der Waals surface area contributed by atoms with Crippen LogP contribution in [0.5, 0.6) is 0 Å². The Kier molecular flexibility index (Phi) is 3.05. The molecular formula is C16H21N3. The van der Waals surface area contributed by atoms with Gasteiger partial charge < -0.3 is 5.32 Å². The van der Waals surface area contributed by atoms with Gasteiger partial charge in [0.15, 0.2) is 0 Å². The molecule has 0 unspecified atom stereocenters. The fourth-order valence-electron chi connectivity index (χ4n) is 2.59. The quantitative estimate of drug-likeness (QED) is 0.905. The number of aryl methyl sites for hydroxylation is 2.